The SMILES string of the molecule is CC(C)(C)OC(=O)N1CCCc2cc(-c3cn[nH]c3N)ccc21. The van der Waals surface area contributed by atoms with Gasteiger partial charge in [0, 0.05) is 12.1 Å². The molecular weight excluding hydrogens is 292 g/mol. The van der Waals surface area contributed by atoms with Crippen molar-refractivity contribution in [1.82, 2.24) is 10.2 Å². The van der Waals surface area contributed by atoms with Crippen molar-refractivity contribution in [1.29, 1.82) is 0 Å². The third kappa shape index (κ3) is 3.16. The molecule has 1 aliphatic rings. The van der Waals surface area contributed by atoms with E-state index >= 15 is 0 Å². The first kappa shape index (κ1) is 15.4. The zero-order valence-electron chi connectivity index (χ0n) is 13.7. The molecule has 0 spiro atoms. The third-order valence-corrected chi connectivity index (χ3v) is 3.79. The second-order valence-electron chi connectivity index (χ2n) is 6.78. The van der Waals surface area contributed by atoms with Crippen LogP contribution < -0.4 is 10.6 Å². The molecule has 122 valence electrons. The fourth-order valence-electron chi connectivity index (χ4n) is 2.80. The summed E-state index contributed by atoms with van der Waals surface area (Å²) in [4.78, 5) is 14.1. The number of hydrogen-bond donors (Lipinski definition) is 2. The van der Waals surface area contributed by atoms with Crippen LogP contribution in [0.3, 0.4) is 0 Å². The monoisotopic (exact) mass is 314 g/mol. The lowest BCUT2D eigenvalue weighted by Crippen LogP contribution is -2.39. The Morgan fingerprint density at radius 1 is 1.39 bits per heavy atom. The van der Waals surface area contributed by atoms with Gasteiger partial charge in [0.05, 0.1) is 11.9 Å². The van der Waals surface area contributed by atoms with Crippen molar-refractivity contribution in [2.24, 2.45) is 0 Å². The van der Waals surface area contributed by atoms with Crippen molar-refractivity contribution in [3.63, 3.8) is 0 Å². The van der Waals surface area contributed by atoms with Gasteiger partial charge >= 0.3 is 6.09 Å². The van der Waals surface area contributed by atoms with Gasteiger partial charge in [0.1, 0.15) is 11.4 Å². The molecule has 23 heavy (non-hydrogen) atoms. The van der Waals surface area contributed by atoms with Gasteiger partial charge in [-0.05, 0) is 56.9 Å². The van der Waals surface area contributed by atoms with E-state index in [1.54, 1.807) is 11.1 Å². The van der Waals surface area contributed by atoms with Gasteiger partial charge in [-0.1, -0.05) is 6.07 Å². The summed E-state index contributed by atoms with van der Waals surface area (Å²) in [6.45, 7) is 6.30. The topological polar surface area (TPSA) is 84.2 Å². The molecule has 0 atom stereocenters. The number of aryl methyl sites for hydroxylation is 1. The number of anilines is 2. The van der Waals surface area contributed by atoms with Gasteiger partial charge in [0.15, 0.2) is 0 Å². The fraction of sp³-hybridized carbons (Fsp3) is 0.412. The smallest absolute Gasteiger partial charge is 0.414 e. The Hall–Kier alpha value is -2.50. The quantitative estimate of drug-likeness (QED) is 0.845. The molecule has 0 saturated heterocycles. The lowest BCUT2D eigenvalue weighted by atomic mass is 9.97. The molecule has 6 heteroatoms. The van der Waals surface area contributed by atoms with E-state index in [2.05, 4.69) is 16.3 Å². The number of rotatable bonds is 1. The third-order valence-electron chi connectivity index (χ3n) is 3.79. The second-order valence-corrected chi connectivity index (χ2v) is 6.78. The Kier molecular flexibility index (Phi) is 3.75. The van der Waals surface area contributed by atoms with E-state index in [1.165, 1.54) is 0 Å². The maximum atomic E-state index is 12.4. The highest BCUT2D eigenvalue weighted by molar-refractivity contribution is 5.90. The molecule has 6 nitrogen and oxygen atoms in total. The second kappa shape index (κ2) is 5.61. The van der Waals surface area contributed by atoms with Crippen LogP contribution >= 0.6 is 0 Å². The Morgan fingerprint density at radius 3 is 2.83 bits per heavy atom. The molecular formula is C17H22N4O2. The van der Waals surface area contributed by atoms with E-state index in [0.29, 0.717) is 12.4 Å². The summed E-state index contributed by atoms with van der Waals surface area (Å²) in [5.41, 5.74) is 9.31. The normalized spacial score (nSPS) is 14.5. The summed E-state index contributed by atoms with van der Waals surface area (Å²) < 4.78 is 5.51. The fourth-order valence-corrected chi connectivity index (χ4v) is 2.80. The van der Waals surface area contributed by atoms with Crippen molar-refractivity contribution in [2.45, 2.75) is 39.2 Å². The average Bonchev–Trinajstić information content (AvgIpc) is 2.90. The molecule has 1 aromatic carbocycles. The predicted molar refractivity (Wildman–Crippen MR) is 90.3 cm³/mol. The molecule has 1 aromatic heterocycles. The van der Waals surface area contributed by atoms with E-state index < -0.39 is 5.60 Å². The number of hydrogen-bond acceptors (Lipinski definition) is 4. The Labute approximate surface area is 135 Å². The van der Waals surface area contributed by atoms with E-state index in [1.807, 2.05) is 32.9 Å². The molecule has 1 aliphatic heterocycles. The number of nitrogens with two attached hydrogens (primary N) is 1. The molecule has 0 aliphatic carbocycles. The van der Waals surface area contributed by atoms with Gasteiger partial charge in [0.25, 0.3) is 0 Å². The number of H-pyrrole nitrogens is 1. The molecule has 1 amide bonds. The van der Waals surface area contributed by atoms with Gasteiger partial charge < -0.3 is 10.5 Å². The first-order valence-corrected chi connectivity index (χ1v) is 7.78. The molecule has 0 radical (unpaired) electrons. The molecule has 2 aromatic rings. The highest BCUT2D eigenvalue weighted by atomic mass is 16.6. The number of nitrogens with zero attached hydrogens (tertiary/aromatic N) is 2. The van der Waals surface area contributed by atoms with Crippen LogP contribution in [-0.2, 0) is 11.2 Å². The molecule has 2 heterocycles. The standard InChI is InChI=1S/C17H22N4O2/c1-17(2,3)23-16(22)21-8-4-5-12-9-11(6-7-14(12)21)13-10-19-20-15(13)18/h6-7,9-10H,4-5,8H2,1-3H3,(H3,18,19,20). The summed E-state index contributed by atoms with van der Waals surface area (Å²) in [5.74, 6) is 0.546. The molecule has 3 N–H and O–H groups in total. The maximum absolute atomic E-state index is 12.4. The number of nitrogens with one attached hydrogen (secondary N) is 1. The summed E-state index contributed by atoms with van der Waals surface area (Å²) >= 11 is 0. The summed E-state index contributed by atoms with van der Waals surface area (Å²) in [5, 5.41) is 6.70. The predicted octanol–water partition coefficient (Wildman–Crippen LogP) is 3.35. The zero-order valence-corrected chi connectivity index (χ0v) is 13.7. The highest BCUT2D eigenvalue weighted by Crippen LogP contribution is 2.33. The van der Waals surface area contributed by atoms with E-state index in [9.17, 15) is 4.79 Å². The van der Waals surface area contributed by atoms with Crippen molar-refractivity contribution in [3.05, 3.63) is 30.0 Å². The number of amides is 1. The van der Waals surface area contributed by atoms with Crippen molar-refractivity contribution >= 4 is 17.6 Å². The highest BCUT2D eigenvalue weighted by Gasteiger charge is 2.27. The van der Waals surface area contributed by atoms with Crippen molar-refractivity contribution < 1.29 is 9.53 Å². The van der Waals surface area contributed by atoms with E-state index in [-0.39, 0.29) is 6.09 Å². The van der Waals surface area contributed by atoms with Crippen LogP contribution in [0.25, 0.3) is 11.1 Å². The first-order valence-electron chi connectivity index (χ1n) is 7.78. The molecule has 3 rings (SSSR count). The molecule has 0 unspecified atom stereocenters. The van der Waals surface area contributed by atoms with Crippen LogP contribution in [-0.4, -0.2) is 28.4 Å². The van der Waals surface area contributed by atoms with Gasteiger partial charge in [-0.3, -0.25) is 10.00 Å². The number of fused-ring (bicyclic) bond motifs is 1. The van der Waals surface area contributed by atoms with Crippen LogP contribution in [0.1, 0.15) is 32.8 Å². The van der Waals surface area contributed by atoms with Gasteiger partial charge in [-0.2, -0.15) is 5.10 Å². The minimum Gasteiger partial charge on any atom is -0.443 e. The van der Waals surface area contributed by atoms with Crippen LogP contribution in [0.5, 0.6) is 0 Å². The summed E-state index contributed by atoms with van der Waals surface area (Å²) in [7, 11) is 0. The molecule has 0 saturated carbocycles. The van der Waals surface area contributed by atoms with Gasteiger partial charge in [0.2, 0.25) is 0 Å². The number of carbonyl (C=O) groups excluding carboxylic acids is 1. The summed E-state index contributed by atoms with van der Waals surface area (Å²) in [6.07, 6.45) is 3.26. The average molecular weight is 314 g/mol. The number of aromatic amines is 1. The maximum Gasteiger partial charge on any atom is 0.414 e. The van der Waals surface area contributed by atoms with Crippen molar-refractivity contribution in [2.75, 3.05) is 17.2 Å². The van der Waals surface area contributed by atoms with Crippen LogP contribution in [0.4, 0.5) is 16.3 Å². The number of carbonyl (C=O) groups is 1. The van der Waals surface area contributed by atoms with Crippen LogP contribution in [0.15, 0.2) is 24.4 Å². The minimum atomic E-state index is -0.500. The lowest BCUT2D eigenvalue weighted by molar-refractivity contribution is 0.0578. The van der Waals surface area contributed by atoms with E-state index in [4.69, 9.17) is 10.5 Å². The van der Waals surface area contributed by atoms with Crippen molar-refractivity contribution in [3.8, 4) is 11.1 Å². The van der Waals surface area contributed by atoms with Crippen LogP contribution in [0.2, 0.25) is 0 Å². The van der Waals surface area contributed by atoms with Crippen LogP contribution in [0, 0.1) is 0 Å². The number of ether oxygens (including phenoxy) is 1. The van der Waals surface area contributed by atoms with E-state index in [0.717, 1.165) is 35.2 Å². The minimum absolute atomic E-state index is 0.297. The Morgan fingerprint density at radius 2 is 2.17 bits per heavy atom. The number of nitrogen functional groups attached to an aromatic ring is 1. The number of benzene rings is 1. The Balaban J connectivity index is 1.92. The Bertz CT molecular complexity index is 730. The largest absolute Gasteiger partial charge is 0.443 e. The summed E-state index contributed by atoms with van der Waals surface area (Å²) in [6, 6.07) is 6.00. The number of aromatic nitrogens is 2. The van der Waals surface area contributed by atoms with Gasteiger partial charge in [-0.15, -0.1) is 0 Å². The lowest BCUT2D eigenvalue weighted by Gasteiger charge is -2.32. The molecule has 0 bridgehead atoms. The first-order chi connectivity index (χ1) is 10.8. The molecule has 0 fully saturated rings. The zero-order chi connectivity index (χ0) is 16.6. The van der Waals surface area contributed by atoms with Gasteiger partial charge in [-0.25, -0.2) is 4.79 Å².